The van der Waals surface area contributed by atoms with Crippen LogP contribution in [0.4, 0.5) is 5.69 Å². The van der Waals surface area contributed by atoms with Crippen LogP contribution >= 0.6 is 0 Å². The van der Waals surface area contributed by atoms with Gasteiger partial charge in [-0.2, -0.15) is 0 Å². The highest BCUT2D eigenvalue weighted by Crippen LogP contribution is 2.62. The lowest BCUT2D eigenvalue weighted by Gasteiger charge is -2.37. The zero-order chi connectivity index (χ0) is 29.9. The number of para-hydroxylation sites is 1. The highest BCUT2D eigenvalue weighted by Gasteiger charge is 2.72. The maximum Gasteiger partial charge on any atom is 0.185 e. The van der Waals surface area contributed by atoms with Crippen molar-refractivity contribution in [3.8, 4) is 17.2 Å². The largest absolute Gasteiger partial charge is 0.497 e. The molecular weight excluding hydrogens is 542 g/mol. The van der Waals surface area contributed by atoms with E-state index in [4.69, 9.17) is 14.2 Å². The fraction of sp³-hybridized carbons (Fsp3) is 0.194. The second-order valence-corrected chi connectivity index (χ2v) is 11.0. The van der Waals surface area contributed by atoms with Crippen molar-refractivity contribution in [3.63, 3.8) is 0 Å². The summed E-state index contributed by atoms with van der Waals surface area (Å²) in [5.41, 5.74) is 1.84. The molecule has 0 N–H and O–H groups in total. The van der Waals surface area contributed by atoms with E-state index >= 15 is 0 Å². The standard InChI is InChI=1S/C36H29NO6/c1-41-23-15-12-22(13-16-23)33(38)32-31(27-18-17-24(42-2)20-29(27)43-3)36(34(39)25-9-5-6-10-26(25)35(36)40)30-19-14-21-8-4-7-11-28(21)37(30)32/h4-20,30-32H,1-3H3/t30-,31+,32+/m1/s1. The molecule has 3 atom stereocenters. The van der Waals surface area contributed by atoms with E-state index in [-0.39, 0.29) is 17.3 Å². The Morgan fingerprint density at radius 2 is 1.37 bits per heavy atom. The molecule has 0 unspecified atom stereocenters. The predicted octanol–water partition coefficient (Wildman–Crippen LogP) is 6.03. The number of nitrogens with zero attached hydrogens (tertiary/aromatic N) is 1. The van der Waals surface area contributed by atoms with Gasteiger partial charge in [-0.1, -0.05) is 60.7 Å². The number of carbonyl (C=O) groups is 3. The van der Waals surface area contributed by atoms with Crippen LogP contribution in [0, 0.1) is 5.41 Å². The summed E-state index contributed by atoms with van der Waals surface area (Å²) < 4.78 is 16.7. The minimum atomic E-state index is -1.62. The quantitative estimate of drug-likeness (QED) is 0.207. The summed E-state index contributed by atoms with van der Waals surface area (Å²) in [6.45, 7) is 0. The minimum absolute atomic E-state index is 0.214. The first-order valence-corrected chi connectivity index (χ1v) is 14.1. The molecule has 0 bridgehead atoms. The first kappa shape index (κ1) is 26.7. The molecule has 7 rings (SSSR count). The topological polar surface area (TPSA) is 82.1 Å². The molecule has 4 aromatic rings. The van der Waals surface area contributed by atoms with Crippen LogP contribution in [0.1, 0.15) is 48.1 Å². The van der Waals surface area contributed by atoms with Crippen molar-refractivity contribution >= 4 is 29.1 Å². The fourth-order valence-corrected chi connectivity index (χ4v) is 7.26. The molecule has 3 aliphatic rings. The van der Waals surface area contributed by atoms with Gasteiger partial charge in [-0.05, 0) is 42.0 Å². The van der Waals surface area contributed by atoms with Crippen molar-refractivity contribution in [2.24, 2.45) is 5.41 Å². The first-order valence-electron chi connectivity index (χ1n) is 14.1. The third-order valence-electron chi connectivity index (χ3n) is 9.13. The average molecular weight is 572 g/mol. The average Bonchev–Trinajstić information content (AvgIpc) is 3.50. The number of fused-ring (bicyclic) bond motifs is 5. The van der Waals surface area contributed by atoms with Gasteiger partial charge < -0.3 is 19.1 Å². The number of methoxy groups -OCH3 is 3. The Morgan fingerprint density at radius 1 is 0.744 bits per heavy atom. The van der Waals surface area contributed by atoms with Gasteiger partial charge in [-0.3, -0.25) is 14.4 Å². The Hall–Kier alpha value is -5.17. The smallest absolute Gasteiger partial charge is 0.185 e. The van der Waals surface area contributed by atoms with E-state index in [1.807, 2.05) is 47.4 Å². The van der Waals surface area contributed by atoms with Gasteiger partial charge in [0.2, 0.25) is 0 Å². The number of hydrogen-bond acceptors (Lipinski definition) is 7. The molecule has 0 saturated carbocycles. The lowest BCUT2D eigenvalue weighted by atomic mass is 9.64. The zero-order valence-electron chi connectivity index (χ0n) is 23.9. The molecule has 7 nitrogen and oxygen atoms in total. The molecule has 7 heteroatoms. The third-order valence-corrected chi connectivity index (χ3v) is 9.13. The summed E-state index contributed by atoms with van der Waals surface area (Å²) >= 11 is 0. The molecule has 0 amide bonds. The highest BCUT2D eigenvalue weighted by molar-refractivity contribution is 6.32. The maximum atomic E-state index is 14.8. The van der Waals surface area contributed by atoms with Gasteiger partial charge in [-0.15, -0.1) is 0 Å². The van der Waals surface area contributed by atoms with E-state index in [1.54, 1.807) is 74.9 Å². The number of rotatable bonds is 6. The molecule has 1 saturated heterocycles. The first-order chi connectivity index (χ1) is 20.9. The van der Waals surface area contributed by atoms with E-state index in [1.165, 1.54) is 7.11 Å². The van der Waals surface area contributed by atoms with Crippen LogP contribution in [0.3, 0.4) is 0 Å². The van der Waals surface area contributed by atoms with Crippen LogP contribution in [0.5, 0.6) is 17.2 Å². The van der Waals surface area contributed by atoms with Crippen LogP contribution in [0.25, 0.3) is 6.08 Å². The number of ketones is 3. The molecule has 0 radical (unpaired) electrons. The van der Waals surface area contributed by atoms with E-state index < -0.39 is 23.4 Å². The third kappa shape index (κ3) is 3.64. The molecule has 4 aromatic carbocycles. The fourth-order valence-electron chi connectivity index (χ4n) is 7.26. The van der Waals surface area contributed by atoms with Gasteiger partial charge in [0.1, 0.15) is 28.7 Å². The summed E-state index contributed by atoms with van der Waals surface area (Å²) in [5, 5.41) is 0. The zero-order valence-corrected chi connectivity index (χ0v) is 23.9. The van der Waals surface area contributed by atoms with E-state index in [0.717, 1.165) is 11.3 Å². The Bertz CT molecular complexity index is 1790. The Labute approximate surface area is 249 Å². The van der Waals surface area contributed by atoms with Crippen LogP contribution in [-0.2, 0) is 0 Å². The van der Waals surface area contributed by atoms with Gasteiger partial charge in [0.15, 0.2) is 17.3 Å². The SMILES string of the molecule is COc1ccc(C(=O)[C@@H]2[C@H](c3ccc(OC)cc3OC)C3(C(=O)c4ccccc4C3=O)[C@H]3C=Cc4ccccc4N23)cc1. The van der Waals surface area contributed by atoms with Crippen molar-refractivity contribution in [1.29, 1.82) is 0 Å². The molecule has 0 aromatic heterocycles. The van der Waals surface area contributed by atoms with E-state index in [2.05, 4.69) is 0 Å². The molecule has 2 aliphatic heterocycles. The number of benzene rings is 4. The molecular formula is C36H29NO6. The monoisotopic (exact) mass is 571 g/mol. The maximum absolute atomic E-state index is 14.8. The van der Waals surface area contributed by atoms with Crippen molar-refractivity contribution in [3.05, 3.63) is 125 Å². The minimum Gasteiger partial charge on any atom is -0.497 e. The number of hydrogen-bond donors (Lipinski definition) is 0. The summed E-state index contributed by atoms with van der Waals surface area (Å²) in [5.74, 6) is -0.0789. The van der Waals surface area contributed by atoms with Crippen molar-refractivity contribution in [2.75, 3.05) is 26.2 Å². The van der Waals surface area contributed by atoms with E-state index in [0.29, 0.717) is 39.5 Å². The Kier molecular flexibility index (Phi) is 6.20. The van der Waals surface area contributed by atoms with Gasteiger partial charge in [0.05, 0.1) is 27.4 Å². The van der Waals surface area contributed by atoms with Crippen molar-refractivity contribution in [1.82, 2.24) is 0 Å². The van der Waals surface area contributed by atoms with Gasteiger partial charge in [-0.25, -0.2) is 0 Å². The number of ether oxygens (including phenoxy) is 3. The molecule has 2 heterocycles. The summed E-state index contributed by atoms with van der Waals surface area (Å²) in [6.07, 6.45) is 3.86. The predicted molar refractivity (Wildman–Crippen MR) is 163 cm³/mol. The van der Waals surface area contributed by atoms with Crippen LogP contribution in [0.2, 0.25) is 0 Å². The van der Waals surface area contributed by atoms with Crippen molar-refractivity contribution in [2.45, 2.75) is 18.0 Å². The van der Waals surface area contributed by atoms with Gasteiger partial charge in [0, 0.05) is 39.9 Å². The summed E-state index contributed by atoms with van der Waals surface area (Å²) in [4.78, 5) is 46.5. The molecule has 43 heavy (non-hydrogen) atoms. The number of anilines is 1. The van der Waals surface area contributed by atoms with Crippen LogP contribution in [-0.4, -0.2) is 50.8 Å². The number of carbonyl (C=O) groups excluding carboxylic acids is 3. The summed E-state index contributed by atoms with van der Waals surface area (Å²) in [6, 6.07) is 25.3. The summed E-state index contributed by atoms with van der Waals surface area (Å²) in [7, 11) is 4.67. The number of Topliss-reactive ketones (excluding diaryl/α,β-unsaturated/α-hetero) is 3. The molecule has 1 aliphatic carbocycles. The second-order valence-electron chi connectivity index (χ2n) is 11.0. The van der Waals surface area contributed by atoms with Gasteiger partial charge in [0.25, 0.3) is 0 Å². The molecule has 1 spiro atoms. The van der Waals surface area contributed by atoms with E-state index in [9.17, 15) is 14.4 Å². The van der Waals surface area contributed by atoms with Crippen LogP contribution in [0.15, 0.2) is 97.1 Å². The lowest BCUT2D eigenvalue weighted by molar-refractivity contribution is 0.0665. The Morgan fingerprint density at radius 3 is 2.02 bits per heavy atom. The molecule has 1 fully saturated rings. The van der Waals surface area contributed by atoms with Crippen LogP contribution < -0.4 is 19.1 Å². The second kappa shape index (κ2) is 9.98. The highest BCUT2D eigenvalue weighted by atomic mass is 16.5. The molecule has 214 valence electrons. The Balaban J connectivity index is 1.55. The van der Waals surface area contributed by atoms with Crippen molar-refractivity contribution < 1.29 is 28.6 Å². The van der Waals surface area contributed by atoms with Gasteiger partial charge >= 0.3 is 0 Å². The lowest BCUT2D eigenvalue weighted by Crippen LogP contribution is -2.48. The normalized spacial score (nSPS) is 20.9.